The molecule has 0 fully saturated rings. The van der Waals surface area contributed by atoms with Crippen LogP contribution in [0.1, 0.15) is 0 Å². The van der Waals surface area contributed by atoms with E-state index in [0.717, 1.165) is 0 Å². The Balaban J connectivity index is 2.99. The lowest BCUT2D eigenvalue weighted by Gasteiger charge is -2.20. The summed E-state index contributed by atoms with van der Waals surface area (Å²) in [6.07, 6.45) is 2.85. The minimum absolute atomic E-state index is 0.166. The maximum atomic E-state index is 10.9. The van der Waals surface area contributed by atoms with Crippen molar-refractivity contribution in [1.29, 1.82) is 0 Å². The zero-order valence-electron chi connectivity index (χ0n) is 7.89. The molecular formula is C6H11N2O6P2+. The van der Waals surface area contributed by atoms with Crippen molar-refractivity contribution in [1.82, 2.24) is 0 Å². The standard InChI is InChI=1S/C6H10N2O6P2/c9-15(10,11)6(16(12,13)14)8-5-2-1-3-7-4-5/h1-4,6,8H,(H2,9,10,11)(H2,12,13,14)/p+1. The first kappa shape index (κ1) is 13.3. The molecule has 0 atom stereocenters. The van der Waals surface area contributed by atoms with Gasteiger partial charge in [-0.15, -0.1) is 0 Å². The number of hydrogen-bond acceptors (Lipinski definition) is 3. The maximum Gasteiger partial charge on any atom is 0.360 e. The monoisotopic (exact) mass is 269 g/mol. The van der Waals surface area contributed by atoms with Crippen molar-refractivity contribution in [2.45, 2.75) is 5.52 Å². The van der Waals surface area contributed by atoms with Crippen molar-refractivity contribution >= 4 is 20.9 Å². The highest BCUT2D eigenvalue weighted by molar-refractivity contribution is 7.71. The number of anilines is 1. The molecule has 0 saturated carbocycles. The summed E-state index contributed by atoms with van der Waals surface area (Å²) in [5, 5.41) is 2.10. The first-order valence-electron chi connectivity index (χ1n) is 4.04. The summed E-state index contributed by atoms with van der Waals surface area (Å²) >= 11 is 0. The van der Waals surface area contributed by atoms with E-state index < -0.39 is 20.7 Å². The molecule has 0 aliphatic rings. The van der Waals surface area contributed by atoms with Crippen molar-refractivity contribution in [3.05, 3.63) is 24.5 Å². The van der Waals surface area contributed by atoms with Crippen LogP contribution >= 0.6 is 15.2 Å². The molecule has 10 heteroatoms. The predicted molar refractivity (Wildman–Crippen MR) is 54.5 cm³/mol. The molecule has 0 spiro atoms. The molecule has 0 amide bonds. The fourth-order valence-corrected chi connectivity index (χ4v) is 3.20. The van der Waals surface area contributed by atoms with Crippen LogP contribution in [0, 0.1) is 0 Å². The van der Waals surface area contributed by atoms with Crippen LogP contribution < -0.4 is 10.3 Å². The van der Waals surface area contributed by atoms with E-state index in [9.17, 15) is 9.13 Å². The molecule has 16 heavy (non-hydrogen) atoms. The molecular weight excluding hydrogens is 258 g/mol. The number of pyridine rings is 1. The lowest BCUT2D eigenvalue weighted by Crippen LogP contribution is -2.20. The number of nitrogens with one attached hydrogen (secondary N) is 2. The van der Waals surface area contributed by atoms with Gasteiger partial charge >= 0.3 is 15.2 Å². The van der Waals surface area contributed by atoms with Gasteiger partial charge < -0.3 is 24.9 Å². The molecule has 1 rings (SSSR count). The minimum atomic E-state index is -4.95. The molecule has 1 heterocycles. The van der Waals surface area contributed by atoms with E-state index >= 15 is 0 Å². The molecule has 1 aromatic heterocycles. The van der Waals surface area contributed by atoms with Gasteiger partial charge in [-0.3, -0.25) is 9.13 Å². The first-order chi connectivity index (χ1) is 7.21. The summed E-state index contributed by atoms with van der Waals surface area (Å²) in [5.41, 5.74) is -2.07. The van der Waals surface area contributed by atoms with Crippen LogP contribution in [-0.4, -0.2) is 25.1 Å². The van der Waals surface area contributed by atoms with Gasteiger partial charge in [0.25, 0.3) is 0 Å². The summed E-state index contributed by atoms with van der Waals surface area (Å²) in [6.45, 7) is 0. The highest BCUT2D eigenvalue weighted by Gasteiger charge is 2.43. The quantitative estimate of drug-likeness (QED) is 0.466. The Morgan fingerprint density at radius 3 is 2.12 bits per heavy atom. The van der Waals surface area contributed by atoms with Crippen LogP contribution in [0.3, 0.4) is 0 Å². The average molecular weight is 269 g/mol. The maximum absolute atomic E-state index is 10.9. The highest BCUT2D eigenvalue weighted by Crippen LogP contribution is 2.59. The van der Waals surface area contributed by atoms with Crippen molar-refractivity contribution in [2.75, 3.05) is 5.32 Å². The van der Waals surface area contributed by atoms with Gasteiger partial charge in [-0.2, -0.15) is 0 Å². The number of H-pyrrole nitrogens is 1. The Kier molecular flexibility index (Phi) is 3.85. The third-order valence-electron chi connectivity index (χ3n) is 1.64. The Hall–Kier alpha value is -0.750. The second-order valence-corrected chi connectivity index (χ2v) is 6.78. The van der Waals surface area contributed by atoms with Gasteiger partial charge in [-0.25, -0.2) is 4.98 Å². The van der Waals surface area contributed by atoms with Crippen molar-refractivity contribution in [2.24, 2.45) is 0 Å². The molecule has 0 bridgehead atoms. The summed E-state index contributed by atoms with van der Waals surface area (Å²) in [5.74, 6) is 0. The lowest BCUT2D eigenvalue weighted by atomic mass is 10.4. The summed E-state index contributed by atoms with van der Waals surface area (Å²) in [7, 11) is -9.90. The number of aromatic nitrogens is 1. The largest absolute Gasteiger partial charge is 0.360 e. The molecule has 90 valence electrons. The second kappa shape index (κ2) is 4.63. The van der Waals surface area contributed by atoms with Crippen molar-refractivity contribution in [3.8, 4) is 0 Å². The second-order valence-electron chi connectivity index (χ2n) is 2.99. The van der Waals surface area contributed by atoms with Gasteiger partial charge in [-0.1, -0.05) is 0 Å². The molecule has 0 aliphatic carbocycles. The smallest absolute Gasteiger partial charge is 0.357 e. The number of hydrogen-bond donors (Lipinski definition) is 5. The Morgan fingerprint density at radius 2 is 1.75 bits per heavy atom. The van der Waals surface area contributed by atoms with Gasteiger partial charge in [0.15, 0.2) is 12.4 Å². The van der Waals surface area contributed by atoms with Crippen LogP contribution in [0.5, 0.6) is 0 Å². The number of aromatic amines is 1. The molecule has 0 radical (unpaired) electrons. The molecule has 6 N–H and O–H groups in total. The number of rotatable bonds is 4. The van der Waals surface area contributed by atoms with Gasteiger partial charge in [-0.05, 0) is 6.07 Å². The predicted octanol–water partition coefficient (Wildman–Crippen LogP) is -0.448. The third-order valence-corrected chi connectivity index (χ3v) is 4.98. The summed E-state index contributed by atoms with van der Waals surface area (Å²) in [4.78, 5) is 37.9. The van der Waals surface area contributed by atoms with Crippen LogP contribution in [-0.2, 0) is 9.13 Å². The summed E-state index contributed by atoms with van der Waals surface area (Å²) < 4.78 is 21.8. The normalized spacial score (nSPS) is 12.8. The molecule has 8 nitrogen and oxygen atoms in total. The topological polar surface area (TPSA) is 141 Å². The van der Waals surface area contributed by atoms with Gasteiger partial charge in [0.05, 0.1) is 0 Å². The Morgan fingerprint density at radius 1 is 1.19 bits per heavy atom. The van der Waals surface area contributed by atoms with E-state index in [0.29, 0.717) is 0 Å². The molecule has 0 aromatic carbocycles. The SMILES string of the molecule is O=P(O)(O)C(Nc1ccc[nH+]c1)P(=O)(O)O. The van der Waals surface area contributed by atoms with E-state index in [-0.39, 0.29) is 5.69 Å². The van der Waals surface area contributed by atoms with Crippen LogP contribution in [0.2, 0.25) is 0 Å². The minimum Gasteiger partial charge on any atom is -0.357 e. The van der Waals surface area contributed by atoms with E-state index in [2.05, 4.69) is 10.3 Å². The molecule has 0 aliphatic heterocycles. The van der Waals surface area contributed by atoms with E-state index in [4.69, 9.17) is 19.6 Å². The Bertz CT molecular complexity index is 418. The van der Waals surface area contributed by atoms with Crippen molar-refractivity contribution in [3.63, 3.8) is 0 Å². The van der Waals surface area contributed by atoms with Gasteiger partial charge in [0.1, 0.15) is 5.69 Å². The molecule has 0 unspecified atom stereocenters. The highest BCUT2D eigenvalue weighted by atomic mass is 31.2. The molecule has 1 aromatic rings. The van der Waals surface area contributed by atoms with E-state index in [1.165, 1.54) is 24.5 Å². The molecule has 0 saturated heterocycles. The zero-order chi connectivity index (χ0) is 12.4. The summed E-state index contributed by atoms with van der Waals surface area (Å²) in [6, 6.07) is 2.92. The van der Waals surface area contributed by atoms with Crippen LogP contribution in [0.15, 0.2) is 24.5 Å². The fourth-order valence-electron chi connectivity index (χ4n) is 0.996. The first-order valence-corrected chi connectivity index (χ1v) is 7.40. The third kappa shape index (κ3) is 3.68. The zero-order valence-corrected chi connectivity index (χ0v) is 9.68. The van der Waals surface area contributed by atoms with E-state index in [1.54, 1.807) is 0 Å². The van der Waals surface area contributed by atoms with E-state index in [1.807, 2.05) is 0 Å². The average Bonchev–Trinajstić information content (AvgIpc) is 2.12. The van der Waals surface area contributed by atoms with Gasteiger partial charge in [0, 0.05) is 6.07 Å². The Labute approximate surface area is 90.7 Å². The van der Waals surface area contributed by atoms with Crippen LogP contribution in [0.25, 0.3) is 0 Å². The van der Waals surface area contributed by atoms with Crippen LogP contribution in [0.4, 0.5) is 5.69 Å². The fraction of sp³-hybridized carbons (Fsp3) is 0.167. The lowest BCUT2D eigenvalue weighted by molar-refractivity contribution is -0.377. The van der Waals surface area contributed by atoms with Gasteiger partial charge in [0.2, 0.25) is 5.52 Å². The van der Waals surface area contributed by atoms with Crippen molar-refractivity contribution < 1.29 is 33.7 Å².